The molecular weight excluding hydrogens is 332 g/mol. The Bertz CT molecular complexity index is 1130. The summed E-state index contributed by atoms with van der Waals surface area (Å²) >= 11 is 0. The SMILES string of the molecule is CC(C)(C)c1ccc(C2Nc3ccccc3-c3cnnc4[nH]cc2c34)cc1. The fourth-order valence-corrected chi connectivity index (χ4v) is 3.95. The van der Waals surface area contributed by atoms with Crippen LogP contribution in [0.1, 0.15) is 43.5 Å². The number of aromatic nitrogens is 3. The van der Waals surface area contributed by atoms with E-state index in [0.717, 1.165) is 27.8 Å². The van der Waals surface area contributed by atoms with Gasteiger partial charge in [-0.05, 0) is 22.6 Å². The van der Waals surface area contributed by atoms with E-state index in [1.54, 1.807) is 0 Å². The molecule has 4 nitrogen and oxygen atoms in total. The zero-order valence-corrected chi connectivity index (χ0v) is 15.7. The molecule has 1 unspecified atom stereocenters. The summed E-state index contributed by atoms with van der Waals surface area (Å²) in [4.78, 5) is 3.30. The number of aromatic amines is 1. The highest BCUT2D eigenvalue weighted by Crippen LogP contribution is 2.43. The molecule has 1 atom stereocenters. The third-order valence-electron chi connectivity index (χ3n) is 5.44. The lowest BCUT2D eigenvalue weighted by Crippen LogP contribution is -2.14. The van der Waals surface area contributed by atoms with E-state index < -0.39 is 0 Å². The Morgan fingerprint density at radius 2 is 1.70 bits per heavy atom. The van der Waals surface area contributed by atoms with Crippen LogP contribution in [0.3, 0.4) is 0 Å². The number of nitrogens with one attached hydrogen (secondary N) is 2. The van der Waals surface area contributed by atoms with Crippen molar-refractivity contribution in [1.82, 2.24) is 15.2 Å². The Hall–Kier alpha value is -3.14. The molecule has 0 saturated carbocycles. The van der Waals surface area contributed by atoms with Gasteiger partial charge in [0.2, 0.25) is 0 Å². The van der Waals surface area contributed by atoms with Gasteiger partial charge in [-0.1, -0.05) is 63.2 Å². The van der Waals surface area contributed by atoms with Gasteiger partial charge in [0.15, 0.2) is 5.65 Å². The van der Waals surface area contributed by atoms with Crippen LogP contribution in [0.25, 0.3) is 22.2 Å². The van der Waals surface area contributed by atoms with E-state index >= 15 is 0 Å². The van der Waals surface area contributed by atoms with E-state index in [-0.39, 0.29) is 11.5 Å². The van der Waals surface area contributed by atoms with Crippen molar-refractivity contribution in [2.45, 2.75) is 32.2 Å². The van der Waals surface area contributed by atoms with Gasteiger partial charge in [-0.15, -0.1) is 5.10 Å². The van der Waals surface area contributed by atoms with Gasteiger partial charge in [-0.25, -0.2) is 0 Å². The van der Waals surface area contributed by atoms with Crippen LogP contribution in [-0.4, -0.2) is 15.2 Å². The van der Waals surface area contributed by atoms with E-state index in [4.69, 9.17) is 0 Å². The second-order valence-corrected chi connectivity index (χ2v) is 8.22. The van der Waals surface area contributed by atoms with Gasteiger partial charge in [0, 0.05) is 34.0 Å². The van der Waals surface area contributed by atoms with Crippen LogP contribution in [0.15, 0.2) is 60.9 Å². The lowest BCUT2D eigenvalue weighted by molar-refractivity contribution is 0.590. The maximum Gasteiger partial charge on any atom is 0.160 e. The molecule has 2 aromatic heterocycles. The monoisotopic (exact) mass is 354 g/mol. The van der Waals surface area contributed by atoms with Crippen molar-refractivity contribution >= 4 is 16.7 Å². The Morgan fingerprint density at radius 1 is 0.926 bits per heavy atom. The molecule has 0 radical (unpaired) electrons. The van der Waals surface area contributed by atoms with Crippen molar-refractivity contribution in [3.63, 3.8) is 0 Å². The van der Waals surface area contributed by atoms with Gasteiger partial charge in [-0.2, -0.15) is 5.10 Å². The molecule has 0 bridgehead atoms. The number of H-pyrrole nitrogens is 1. The van der Waals surface area contributed by atoms with Gasteiger partial charge in [0.05, 0.1) is 12.2 Å². The van der Waals surface area contributed by atoms with Crippen LogP contribution in [0.4, 0.5) is 5.69 Å². The summed E-state index contributed by atoms with van der Waals surface area (Å²) in [5, 5.41) is 13.4. The van der Waals surface area contributed by atoms with Crippen LogP contribution in [-0.2, 0) is 5.41 Å². The highest BCUT2D eigenvalue weighted by Gasteiger charge is 2.26. The van der Waals surface area contributed by atoms with Gasteiger partial charge in [0.25, 0.3) is 0 Å². The van der Waals surface area contributed by atoms with Crippen LogP contribution < -0.4 is 5.32 Å². The summed E-state index contributed by atoms with van der Waals surface area (Å²) in [6.07, 6.45) is 3.93. The summed E-state index contributed by atoms with van der Waals surface area (Å²) in [5.41, 5.74) is 8.15. The van der Waals surface area contributed by atoms with E-state index in [1.807, 2.05) is 6.20 Å². The van der Waals surface area contributed by atoms with Gasteiger partial charge in [0.1, 0.15) is 0 Å². The van der Waals surface area contributed by atoms with Gasteiger partial charge >= 0.3 is 0 Å². The number of anilines is 1. The lowest BCUT2D eigenvalue weighted by Gasteiger charge is -2.22. The minimum Gasteiger partial charge on any atom is -0.374 e. The van der Waals surface area contributed by atoms with Crippen molar-refractivity contribution in [3.8, 4) is 11.1 Å². The van der Waals surface area contributed by atoms with Crippen molar-refractivity contribution in [2.75, 3.05) is 5.32 Å². The first-order valence-electron chi connectivity index (χ1n) is 9.31. The molecule has 3 heterocycles. The largest absolute Gasteiger partial charge is 0.374 e. The van der Waals surface area contributed by atoms with Gasteiger partial charge < -0.3 is 10.3 Å². The van der Waals surface area contributed by atoms with Gasteiger partial charge in [-0.3, -0.25) is 0 Å². The Kier molecular flexibility index (Phi) is 3.38. The Morgan fingerprint density at radius 3 is 2.48 bits per heavy atom. The summed E-state index contributed by atoms with van der Waals surface area (Å²) in [5.74, 6) is 0. The number of hydrogen-bond acceptors (Lipinski definition) is 3. The number of para-hydroxylation sites is 1. The van der Waals surface area contributed by atoms with Crippen molar-refractivity contribution in [3.05, 3.63) is 77.6 Å². The minimum atomic E-state index is 0.0550. The van der Waals surface area contributed by atoms with Crippen LogP contribution in [0.2, 0.25) is 0 Å². The number of hydrogen-bond donors (Lipinski definition) is 2. The van der Waals surface area contributed by atoms with E-state index in [0.29, 0.717) is 0 Å². The normalized spacial score (nSPS) is 15.9. The third-order valence-corrected chi connectivity index (χ3v) is 5.44. The molecule has 0 spiro atoms. The standard InChI is InChI=1S/C23H22N4/c1-23(2,3)15-10-8-14(9-11-15)21-18-12-24-22-20(18)17(13-25-27-22)16-6-4-5-7-19(16)26-21/h4-13,21,26H,1-3H3,(H,24,27). The number of benzene rings is 2. The first kappa shape index (κ1) is 16.1. The van der Waals surface area contributed by atoms with E-state index in [9.17, 15) is 0 Å². The molecule has 0 fully saturated rings. The summed E-state index contributed by atoms with van der Waals surface area (Å²) in [6, 6.07) is 17.4. The zero-order chi connectivity index (χ0) is 18.6. The molecule has 5 rings (SSSR count). The first-order chi connectivity index (χ1) is 13.0. The highest BCUT2D eigenvalue weighted by molar-refractivity contribution is 6.00. The molecular formula is C23H22N4. The smallest absolute Gasteiger partial charge is 0.160 e. The summed E-state index contributed by atoms with van der Waals surface area (Å²) in [6.45, 7) is 6.73. The molecule has 134 valence electrons. The van der Waals surface area contributed by atoms with Crippen molar-refractivity contribution in [2.24, 2.45) is 0 Å². The predicted molar refractivity (Wildman–Crippen MR) is 110 cm³/mol. The molecule has 0 saturated heterocycles. The molecule has 1 aliphatic heterocycles. The maximum absolute atomic E-state index is 4.30. The fourth-order valence-electron chi connectivity index (χ4n) is 3.95. The molecule has 2 aromatic carbocycles. The van der Waals surface area contributed by atoms with Crippen LogP contribution in [0.5, 0.6) is 0 Å². The Labute approximate surface area is 158 Å². The molecule has 2 N–H and O–H groups in total. The van der Waals surface area contributed by atoms with Crippen LogP contribution >= 0.6 is 0 Å². The zero-order valence-electron chi connectivity index (χ0n) is 15.7. The molecule has 4 aromatic rings. The second-order valence-electron chi connectivity index (χ2n) is 8.22. The quantitative estimate of drug-likeness (QED) is 0.479. The Balaban J connectivity index is 1.72. The molecule has 0 amide bonds. The first-order valence-corrected chi connectivity index (χ1v) is 9.31. The summed E-state index contributed by atoms with van der Waals surface area (Å²) in [7, 11) is 0. The molecule has 4 heteroatoms. The molecule has 0 aliphatic carbocycles. The second kappa shape index (κ2) is 5.68. The van der Waals surface area contributed by atoms with Crippen molar-refractivity contribution < 1.29 is 0 Å². The van der Waals surface area contributed by atoms with E-state index in [1.165, 1.54) is 16.7 Å². The fraction of sp³-hybridized carbons (Fsp3) is 0.217. The third kappa shape index (κ3) is 2.52. The number of nitrogens with zero attached hydrogens (tertiary/aromatic N) is 2. The van der Waals surface area contributed by atoms with E-state index in [2.05, 4.69) is 96.0 Å². The lowest BCUT2D eigenvalue weighted by atomic mass is 9.86. The highest BCUT2D eigenvalue weighted by atomic mass is 15.1. The van der Waals surface area contributed by atoms with Crippen molar-refractivity contribution in [1.29, 1.82) is 0 Å². The topological polar surface area (TPSA) is 53.6 Å². The number of fused-ring (bicyclic) bond motifs is 2. The average Bonchev–Trinajstić information content (AvgIpc) is 3.03. The molecule has 27 heavy (non-hydrogen) atoms. The predicted octanol–water partition coefficient (Wildman–Crippen LogP) is 5.44. The number of rotatable bonds is 1. The minimum absolute atomic E-state index is 0.0550. The average molecular weight is 354 g/mol. The summed E-state index contributed by atoms with van der Waals surface area (Å²) < 4.78 is 0. The van der Waals surface area contributed by atoms with Crippen LogP contribution in [0, 0.1) is 0 Å². The maximum atomic E-state index is 4.30. The molecule has 1 aliphatic rings.